The predicted octanol–water partition coefficient (Wildman–Crippen LogP) is 4.77. The van der Waals surface area contributed by atoms with E-state index in [-0.39, 0.29) is 6.61 Å². The van der Waals surface area contributed by atoms with Crippen LogP contribution in [0.3, 0.4) is 0 Å². The van der Waals surface area contributed by atoms with Crippen molar-refractivity contribution in [1.29, 1.82) is 0 Å². The maximum absolute atomic E-state index is 12.2. The maximum Gasteiger partial charge on any atom is 0.235 e. The Kier molecular flexibility index (Phi) is 5.99. The molecule has 142 valence electrons. The minimum absolute atomic E-state index is 0.151. The number of anilines is 1. The SMILES string of the molecule is CC(C)S(=O)(=O)Nc1ccsc1-c1ccc(-c2ccc(CCO)cc2)cc1. The van der Waals surface area contributed by atoms with Gasteiger partial charge in [-0.1, -0.05) is 48.5 Å². The van der Waals surface area contributed by atoms with E-state index in [1.807, 2.05) is 53.9 Å². The van der Waals surface area contributed by atoms with Crippen LogP contribution in [-0.4, -0.2) is 25.4 Å². The Labute approximate surface area is 164 Å². The van der Waals surface area contributed by atoms with E-state index in [9.17, 15) is 8.42 Å². The summed E-state index contributed by atoms with van der Waals surface area (Å²) in [5.41, 5.74) is 4.91. The van der Waals surface area contributed by atoms with Gasteiger partial charge in [-0.25, -0.2) is 8.42 Å². The van der Waals surface area contributed by atoms with Gasteiger partial charge < -0.3 is 5.11 Å². The van der Waals surface area contributed by atoms with Crippen LogP contribution in [0.15, 0.2) is 60.0 Å². The van der Waals surface area contributed by atoms with Gasteiger partial charge in [0.2, 0.25) is 10.0 Å². The first-order valence-electron chi connectivity index (χ1n) is 8.80. The summed E-state index contributed by atoms with van der Waals surface area (Å²) in [6.45, 7) is 3.47. The van der Waals surface area contributed by atoms with Gasteiger partial charge in [0.1, 0.15) is 0 Å². The first-order valence-corrected chi connectivity index (χ1v) is 11.2. The second-order valence-corrected chi connectivity index (χ2v) is 9.76. The minimum atomic E-state index is -3.37. The zero-order chi connectivity index (χ0) is 19.4. The number of hydrogen-bond donors (Lipinski definition) is 2. The molecule has 0 aliphatic rings. The highest BCUT2D eigenvalue weighted by Crippen LogP contribution is 2.35. The highest BCUT2D eigenvalue weighted by molar-refractivity contribution is 7.93. The molecule has 0 spiro atoms. The summed E-state index contributed by atoms with van der Waals surface area (Å²) in [6, 6.07) is 18.0. The molecule has 2 N–H and O–H groups in total. The number of aliphatic hydroxyl groups is 1. The lowest BCUT2D eigenvalue weighted by Gasteiger charge is -2.12. The molecular weight excluding hydrogens is 378 g/mol. The number of aliphatic hydroxyl groups excluding tert-OH is 1. The van der Waals surface area contributed by atoms with Crippen molar-refractivity contribution in [1.82, 2.24) is 0 Å². The third-order valence-corrected chi connectivity index (χ3v) is 7.08. The molecule has 0 radical (unpaired) electrons. The van der Waals surface area contributed by atoms with Crippen molar-refractivity contribution in [2.75, 3.05) is 11.3 Å². The molecule has 0 saturated carbocycles. The summed E-state index contributed by atoms with van der Waals surface area (Å²) >= 11 is 1.51. The summed E-state index contributed by atoms with van der Waals surface area (Å²) in [4.78, 5) is 0.907. The smallest absolute Gasteiger partial charge is 0.235 e. The molecule has 27 heavy (non-hydrogen) atoms. The maximum atomic E-state index is 12.2. The average Bonchev–Trinajstić information content (AvgIpc) is 3.10. The lowest BCUT2D eigenvalue weighted by atomic mass is 10.0. The Bertz CT molecular complexity index is 989. The summed E-state index contributed by atoms with van der Waals surface area (Å²) in [7, 11) is -3.37. The zero-order valence-corrected chi connectivity index (χ0v) is 17.0. The molecule has 0 amide bonds. The highest BCUT2D eigenvalue weighted by Gasteiger charge is 2.18. The lowest BCUT2D eigenvalue weighted by Crippen LogP contribution is -2.22. The van der Waals surface area contributed by atoms with Gasteiger partial charge in [-0.05, 0) is 54.0 Å². The number of sulfonamides is 1. The Morgan fingerprint density at radius 2 is 1.48 bits per heavy atom. The molecule has 3 aromatic rings. The van der Waals surface area contributed by atoms with Crippen LogP contribution in [0, 0.1) is 0 Å². The number of hydrogen-bond acceptors (Lipinski definition) is 4. The van der Waals surface area contributed by atoms with Crippen molar-refractivity contribution in [2.24, 2.45) is 0 Å². The van der Waals surface area contributed by atoms with Crippen molar-refractivity contribution >= 4 is 27.0 Å². The van der Waals surface area contributed by atoms with Crippen molar-refractivity contribution < 1.29 is 13.5 Å². The van der Waals surface area contributed by atoms with Gasteiger partial charge in [-0.15, -0.1) is 11.3 Å². The van der Waals surface area contributed by atoms with E-state index < -0.39 is 15.3 Å². The van der Waals surface area contributed by atoms with Crippen LogP contribution in [0.1, 0.15) is 19.4 Å². The van der Waals surface area contributed by atoms with E-state index in [1.54, 1.807) is 19.9 Å². The lowest BCUT2D eigenvalue weighted by molar-refractivity contribution is 0.299. The van der Waals surface area contributed by atoms with Gasteiger partial charge in [0, 0.05) is 6.61 Å². The molecule has 1 heterocycles. The van der Waals surface area contributed by atoms with Crippen LogP contribution in [-0.2, 0) is 16.4 Å². The topological polar surface area (TPSA) is 66.4 Å². The number of benzene rings is 2. The van der Waals surface area contributed by atoms with E-state index in [2.05, 4.69) is 4.72 Å². The van der Waals surface area contributed by atoms with Crippen molar-refractivity contribution in [3.63, 3.8) is 0 Å². The van der Waals surface area contributed by atoms with Crippen LogP contribution < -0.4 is 4.72 Å². The molecule has 2 aromatic carbocycles. The van der Waals surface area contributed by atoms with Gasteiger partial charge >= 0.3 is 0 Å². The molecule has 3 rings (SSSR count). The monoisotopic (exact) mass is 401 g/mol. The summed E-state index contributed by atoms with van der Waals surface area (Å²) in [6.07, 6.45) is 0.659. The van der Waals surface area contributed by atoms with Crippen molar-refractivity contribution in [2.45, 2.75) is 25.5 Å². The molecule has 0 fully saturated rings. The quantitative estimate of drug-likeness (QED) is 0.599. The fraction of sp³-hybridized carbons (Fsp3) is 0.238. The molecule has 0 atom stereocenters. The largest absolute Gasteiger partial charge is 0.396 e. The molecule has 0 aliphatic heterocycles. The van der Waals surface area contributed by atoms with Crippen molar-refractivity contribution in [3.05, 3.63) is 65.5 Å². The van der Waals surface area contributed by atoms with Crippen LogP contribution >= 0.6 is 11.3 Å². The number of rotatable bonds is 7. The average molecular weight is 402 g/mol. The van der Waals surface area contributed by atoms with Gasteiger partial charge in [0.15, 0.2) is 0 Å². The molecule has 4 nitrogen and oxygen atoms in total. The molecule has 0 bridgehead atoms. The van der Waals surface area contributed by atoms with Gasteiger partial charge in [-0.3, -0.25) is 4.72 Å². The molecule has 0 saturated heterocycles. The second-order valence-electron chi connectivity index (χ2n) is 6.61. The summed E-state index contributed by atoms with van der Waals surface area (Å²) < 4.78 is 27.0. The highest BCUT2D eigenvalue weighted by atomic mass is 32.2. The Morgan fingerprint density at radius 3 is 2.04 bits per heavy atom. The minimum Gasteiger partial charge on any atom is -0.396 e. The fourth-order valence-corrected chi connectivity index (χ4v) is 4.33. The van der Waals surface area contributed by atoms with E-state index in [0.29, 0.717) is 12.1 Å². The first kappa shape index (κ1) is 19.6. The molecule has 6 heteroatoms. The second kappa shape index (κ2) is 8.25. The molecule has 1 aromatic heterocycles. The standard InChI is InChI=1S/C21H23NO3S2/c1-15(2)27(24,25)22-20-12-14-26-21(20)19-9-7-18(8-10-19)17-5-3-16(4-6-17)11-13-23/h3-10,12,14-15,22-23H,11,13H2,1-2H3. The fourth-order valence-electron chi connectivity index (χ4n) is 2.69. The van der Waals surface area contributed by atoms with Gasteiger partial charge in [-0.2, -0.15) is 0 Å². The van der Waals surface area contributed by atoms with Crippen LogP contribution in [0.5, 0.6) is 0 Å². The summed E-state index contributed by atoms with van der Waals surface area (Å²) in [5.74, 6) is 0. The predicted molar refractivity (Wildman–Crippen MR) is 114 cm³/mol. The Balaban J connectivity index is 1.83. The third-order valence-electron chi connectivity index (χ3n) is 4.37. The van der Waals surface area contributed by atoms with E-state index >= 15 is 0 Å². The van der Waals surface area contributed by atoms with E-state index in [4.69, 9.17) is 5.11 Å². The first-order chi connectivity index (χ1) is 12.9. The molecular formula is C21H23NO3S2. The normalized spacial score (nSPS) is 11.7. The van der Waals surface area contributed by atoms with Gasteiger partial charge in [0.25, 0.3) is 0 Å². The van der Waals surface area contributed by atoms with Crippen LogP contribution in [0.4, 0.5) is 5.69 Å². The Morgan fingerprint density at radius 1 is 0.926 bits per heavy atom. The number of nitrogens with one attached hydrogen (secondary N) is 1. The van der Waals surface area contributed by atoms with Gasteiger partial charge in [0.05, 0.1) is 15.8 Å². The van der Waals surface area contributed by atoms with Crippen LogP contribution in [0.2, 0.25) is 0 Å². The Hall–Kier alpha value is -2.15. The molecule has 0 aliphatic carbocycles. The third kappa shape index (κ3) is 4.58. The van der Waals surface area contributed by atoms with Crippen LogP contribution in [0.25, 0.3) is 21.6 Å². The van der Waals surface area contributed by atoms with Crippen molar-refractivity contribution in [3.8, 4) is 21.6 Å². The van der Waals surface area contributed by atoms with E-state index in [1.165, 1.54) is 11.3 Å². The van der Waals surface area contributed by atoms with E-state index in [0.717, 1.165) is 27.1 Å². The zero-order valence-electron chi connectivity index (χ0n) is 15.3. The summed E-state index contributed by atoms with van der Waals surface area (Å²) in [5, 5.41) is 10.4. The number of thiophene rings is 1. The molecule has 0 unspecified atom stereocenters.